The first-order chi connectivity index (χ1) is 10.7. The molecule has 1 fully saturated rings. The molecule has 0 unspecified atom stereocenters. The van der Waals surface area contributed by atoms with Crippen LogP contribution in [0.3, 0.4) is 0 Å². The van der Waals surface area contributed by atoms with Crippen LogP contribution in [0.15, 0.2) is 18.2 Å². The van der Waals surface area contributed by atoms with E-state index in [-0.39, 0.29) is 29.6 Å². The van der Waals surface area contributed by atoms with Crippen molar-refractivity contribution >= 4 is 34.0 Å². The van der Waals surface area contributed by atoms with Gasteiger partial charge in [0.1, 0.15) is 11.9 Å². The number of halogens is 1. The van der Waals surface area contributed by atoms with Crippen LogP contribution in [0, 0.1) is 0 Å². The Kier molecular flexibility index (Phi) is 5.35. The van der Waals surface area contributed by atoms with E-state index in [2.05, 4.69) is 4.98 Å². The average Bonchev–Trinajstić information content (AvgIpc) is 2.85. The lowest BCUT2D eigenvalue weighted by atomic mass is 9.80. The number of hydrogen-bond acceptors (Lipinski definition) is 6. The van der Waals surface area contributed by atoms with Crippen molar-refractivity contribution in [2.24, 2.45) is 0 Å². The number of methoxy groups -OCH3 is 1. The molecule has 0 saturated carbocycles. The Labute approximate surface area is 153 Å². The van der Waals surface area contributed by atoms with Crippen LogP contribution >= 0.6 is 23.7 Å². The highest BCUT2D eigenvalue weighted by Crippen LogP contribution is 2.39. The molecular weight excluding hydrogens is 348 g/mol. The van der Waals surface area contributed by atoms with E-state index in [1.165, 1.54) is 16.4 Å². The number of piperidine rings is 1. The molecule has 7 heteroatoms. The minimum Gasteiger partial charge on any atom is -0.497 e. The number of rotatable bonds is 3. The molecule has 0 atom stereocenters. The summed E-state index contributed by atoms with van der Waals surface area (Å²) in [7, 11) is 1.66. The minimum absolute atomic E-state index is 0. The maximum Gasteiger partial charge on any atom is 0.274 e. The molecular formula is C17H25ClN2O3S. The molecule has 24 heavy (non-hydrogen) atoms. The third-order valence-electron chi connectivity index (χ3n) is 4.44. The van der Waals surface area contributed by atoms with E-state index < -0.39 is 0 Å². The van der Waals surface area contributed by atoms with Gasteiger partial charge in [-0.3, -0.25) is 0 Å². The second-order valence-corrected chi connectivity index (χ2v) is 8.39. The van der Waals surface area contributed by atoms with Gasteiger partial charge < -0.3 is 14.7 Å². The lowest BCUT2D eigenvalue weighted by Crippen LogP contribution is -2.61. The summed E-state index contributed by atoms with van der Waals surface area (Å²) in [5, 5.41) is 12.5. The summed E-state index contributed by atoms with van der Waals surface area (Å²) < 4.78 is 12.5. The zero-order chi connectivity index (χ0) is 16.8. The van der Waals surface area contributed by atoms with Crippen molar-refractivity contribution in [2.75, 3.05) is 7.11 Å². The number of ether oxygens (including phenoxy) is 2. The van der Waals surface area contributed by atoms with Crippen LogP contribution in [0.4, 0.5) is 0 Å². The minimum atomic E-state index is -0.327. The molecule has 0 amide bonds. The van der Waals surface area contributed by atoms with Crippen molar-refractivity contribution in [3.05, 3.63) is 18.2 Å². The third kappa shape index (κ3) is 3.61. The van der Waals surface area contributed by atoms with Crippen molar-refractivity contribution < 1.29 is 14.7 Å². The highest BCUT2D eigenvalue weighted by Gasteiger charge is 2.46. The SMILES string of the molecule is COc1ccc2nc(OC3CC(C)(C)N(O)C(C)(C)C3)sc2c1.Cl. The van der Waals surface area contributed by atoms with E-state index in [0.717, 1.165) is 28.8 Å². The molecule has 1 aliphatic heterocycles. The van der Waals surface area contributed by atoms with Gasteiger partial charge in [-0.15, -0.1) is 12.4 Å². The number of aromatic nitrogens is 1. The molecule has 1 aromatic heterocycles. The number of hydrogen-bond donors (Lipinski definition) is 1. The molecule has 134 valence electrons. The predicted molar refractivity (Wildman–Crippen MR) is 98.9 cm³/mol. The Morgan fingerprint density at radius 2 is 1.83 bits per heavy atom. The fourth-order valence-electron chi connectivity index (χ4n) is 3.47. The van der Waals surface area contributed by atoms with Crippen molar-refractivity contribution in [1.29, 1.82) is 0 Å². The van der Waals surface area contributed by atoms with Crippen LogP contribution in [-0.2, 0) is 0 Å². The van der Waals surface area contributed by atoms with Gasteiger partial charge in [-0.25, -0.2) is 4.98 Å². The second-order valence-electron chi connectivity index (χ2n) is 7.40. The number of thiazole rings is 1. The van der Waals surface area contributed by atoms with Gasteiger partial charge >= 0.3 is 0 Å². The molecule has 2 heterocycles. The largest absolute Gasteiger partial charge is 0.497 e. The molecule has 0 aliphatic carbocycles. The van der Waals surface area contributed by atoms with Crippen molar-refractivity contribution in [2.45, 2.75) is 57.7 Å². The number of benzene rings is 1. The Bertz CT molecular complexity index is 699. The molecule has 1 N–H and O–H groups in total. The van der Waals surface area contributed by atoms with E-state index in [4.69, 9.17) is 9.47 Å². The van der Waals surface area contributed by atoms with Crippen LogP contribution in [0.25, 0.3) is 10.2 Å². The average molecular weight is 373 g/mol. The van der Waals surface area contributed by atoms with E-state index in [9.17, 15) is 5.21 Å². The van der Waals surface area contributed by atoms with Gasteiger partial charge in [-0.05, 0) is 45.9 Å². The van der Waals surface area contributed by atoms with E-state index in [1.807, 2.05) is 45.9 Å². The summed E-state index contributed by atoms with van der Waals surface area (Å²) in [6, 6.07) is 5.83. The van der Waals surface area contributed by atoms with Crippen LogP contribution in [0.1, 0.15) is 40.5 Å². The van der Waals surface area contributed by atoms with Crippen LogP contribution < -0.4 is 9.47 Å². The van der Waals surface area contributed by atoms with Crippen LogP contribution in [0.5, 0.6) is 10.9 Å². The summed E-state index contributed by atoms with van der Waals surface area (Å²) in [6.07, 6.45) is 1.55. The Morgan fingerprint density at radius 3 is 2.42 bits per heavy atom. The maximum atomic E-state index is 10.4. The van der Waals surface area contributed by atoms with Gasteiger partial charge in [-0.2, -0.15) is 5.06 Å². The molecule has 0 bridgehead atoms. The fourth-order valence-corrected chi connectivity index (χ4v) is 4.38. The lowest BCUT2D eigenvalue weighted by molar-refractivity contribution is -0.254. The van der Waals surface area contributed by atoms with Crippen molar-refractivity contribution in [3.8, 4) is 10.9 Å². The topological polar surface area (TPSA) is 54.8 Å². The van der Waals surface area contributed by atoms with Crippen molar-refractivity contribution in [3.63, 3.8) is 0 Å². The highest BCUT2D eigenvalue weighted by molar-refractivity contribution is 7.20. The van der Waals surface area contributed by atoms with Gasteiger partial charge in [0.05, 0.1) is 17.3 Å². The molecule has 2 aromatic rings. The molecule has 5 nitrogen and oxygen atoms in total. The summed E-state index contributed by atoms with van der Waals surface area (Å²) in [4.78, 5) is 4.56. The predicted octanol–water partition coefficient (Wildman–Crippen LogP) is 4.52. The van der Waals surface area contributed by atoms with Crippen LogP contribution in [0.2, 0.25) is 0 Å². The fraction of sp³-hybridized carbons (Fsp3) is 0.588. The number of fused-ring (bicyclic) bond motifs is 1. The summed E-state index contributed by atoms with van der Waals surface area (Å²) in [5.41, 5.74) is 0.266. The first-order valence-electron chi connectivity index (χ1n) is 7.82. The summed E-state index contributed by atoms with van der Waals surface area (Å²) in [5.74, 6) is 0.823. The standard InChI is InChI=1S/C17H24N2O3S.ClH/c1-16(2)9-12(10-17(3,4)19(16)20)22-15-18-13-7-6-11(21-5)8-14(13)23-15;/h6-8,12,20H,9-10H2,1-5H3;1H. The van der Waals surface area contributed by atoms with Gasteiger partial charge in [0.25, 0.3) is 5.19 Å². The smallest absolute Gasteiger partial charge is 0.274 e. The second kappa shape index (κ2) is 6.67. The van der Waals surface area contributed by atoms with Gasteiger partial charge in [-0.1, -0.05) is 11.3 Å². The first-order valence-corrected chi connectivity index (χ1v) is 8.63. The Morgan fingerprint density at radius 1 is 1.21 bits per heavy atom. The van der Waals surface area contributed by atoms with Gasteiger partial charge in [0.2, 0.25) is 0 Å². The number of nitrogens with zero attached hydrogens (tertiary/aromatic N) is 2. The maximum absolute atomic E-state index is 10.4. The molecule has 0 radical (unpaired) electrons. The molecule has 1 saturated heterocycles. The van der Waals surface area contributed by atoms with Gasteiger partial charge in [0.15, 0.2) is 0 Å². The van der Waals surface area contributed by atoms with E-state index in [0.29, 0.717) is 5.19 Å². The molecule has 0 spiro atoms. The molecule has 1 aromatic carbocycles. The van der Waals surface area contributed by atoms with Crippen LogP contribution in [-0.4, -0.2) is 39.5 Å². The Balaban J connectivity index is 0.00000208. The summed E-state index contributed by atoms with van der Waals surface area (Å²) in [6.45, 7) is 8.14. The Hall–Kier alpha value is -1.08. The third-order valence-corrected chi connectivity index (χ3v) is 5.35. The zero-order valence-corrected chi connectivity index (χ0v) is 16.3. The molecule has 1 aliphatic rings. The molecule has 3 rings (SSSR count). The highest BCUT2D eigenvalue weighted by atomic mass is 35.5. The monoisotopic (exact) mass is 372 g/mol. The number of hydroxylamine groups is 2. The van der Waals surface area contributed by atoms with Crippen molar-refractivity contribution in [1.82, 2.24) is 10.0 Å². The van der Waals surface area contributed by atoms with Gasteiger partial charge in [0, 0.05) is 23.9 Å². The normalized spacial score (nSPS) is 20.6. The zero-order valence-electron chi connectivity index (χ0n) is 14.7. The lowest BCUT2D eigenvalue weighted by Gasteiger charge is -2.50. The van der Waals surface area contributed by atoms with E-state index in [1.54, 1.807) is 7.11 Å². The quantitative estimate of drug-likeness (QED) is 0.858. The first kappa shape index (κ1) is 19.2. The summed E-state index contributed by atoms with van der Waals surface area (Å²) >= 11 is 1.53. The van der Waals surface area contributed by atoms with E-state index >= 15 is 0 Å².